The van der Waals surface area contributed by atoms with E-state index in [1.807, 2.05) is 30.3 Å². The van der Waals surface area contributed by atoms with Gasteiger partial charge in [-0.1, -0.05) is 30.5 Å². The van der Waals surface area contributed by atoms with Gasteiger partial charge in [-0.05, 0) is 38.1 Å². The molecule has 0 unspecified atom stereocenters. The monoisotopic (exact) mass is 346 g/mol. The second kappa shape index (κ2) is 7.37. The van der Waals surface area contributed by atoms with Gasteiger partial charge in [-0.2, -0.15) is 0 Å². The molecule has 6 heteroatoms. The molecule has 0 aliphatic carbocycles. The summed E-state index contributed by atoms with van der Waals surface area (Å²) in [5.41, 5.74) is 0.763. The summed E-state index contributed by atoms with van der Waals surface area (Å²) in [5.74, 6) is 5.09. The quantitative estimate of drug-likeness (QED) is 0.805. The first-order valence-corrected chi connectivity index (χ1v) is 10.2. The Balaban J connectivity index is 1.67. The van der Waals surface area contributed by atoms with Crippen molar-refractivity contribution in [2.75, 3.05) is 24.6 Å². The fourth-order valence-corrected chi connectivity index (χ4v) is 5.38. The summed E-state index contributed by atoms with van der Waals surface area (Å²) < 4.78 is 24.1. The lowest BCUT2D eigenvalue weighted by Crippen LogP contribution is -2.52. The number of sulfone groups is 1. The lowest BCUT2D eigenvalue weighted by molar-refractivity contribution is -0.116. The zero-order valence-electron chi connectivity index (χ0n) is 13.6. The third-order valence-corrected chi connectivity index (χ3v) is 6.31. The summed E-state index contributed by atoms with van der Waals surface area (Å²) in [5, 5.41) is 2.82. The molecule has 0 saturated carbocycles. The van der Waals surface area contributed by atoms with Gasteiger partial charge < -0.3 is 5.32 Å². The molecule has 2 aliphatic rings. The third-order valence-electron chi connectivity index (χ3n) is 4.59. The Bertz CT molecular complexity index is 743. The molecule has 128 valence electrons. The molecule has 2 aliphatic heterocycles. The highest BCUT2D eigenvalue weighted by Crippen LogP contribution is 2.22. The largest absolute Gasteiger partial charge is 0.340 e. The molecule has 1 amide bonds. The highest BCUT2D eigenvalue weighted by molar-refractivity contribution is 7.91. The van der Waals surface area contributed by atoms with Crippen LogP contribution in [0.15, 0.2) is 30.3 Å². The molecule has 0 bridgehead atoms. The Morgan fingerprint density at radius 1 is 1.08 bits per heavy atom. The minimum atomic E-state index is -3.11. The number of hydrogen-bond donors (Lipinski definition) is 1. The van der Waals surface area contributed by atoms with Crippen LogP contribution in [-0.4, -0.2) is 55.9 Å². The maximum Gasteiger partial charge on any atom is 0.296 e. The van der Waals surface area contributed by atoms with Crippen LogP contribution in [0.5, 0.6) is 0 Å². The first-order chi connectivity index (χ1) is 11.5. The highest BCUT2D eigenvalue weighted by Gasteiger charge is 2.41. The molecular formula is C18H22N2O3S. The van der Waals surface area contributed by atoms with Gasteiger partial charge in [0, 0.05) is 17.5 Å². The predicted octanol–water partition coefficient (Wildman–Crippen LogP) is 0.806. The van der Waals surface area contributed by atoms with Crippen molar-refractivity contribution in [1.29, 1.82) is 0 Å². The van der Waals surface area contributed by atoms with Crippen molar-refractivity contribution < 1.29 is 13.2 Å². The smallest absolute Gasteiger partial charge is 0.296 e. The van der Waals surface area contributed by atoms with Crippen LogP contribution in [0.4, 0.5) is 0 Å². The minimum absolute atomic E-state index is 0.00687. The average molecular weight is 346 g/mol. The number of amides is 1. The maximum absolute atomic E-state index is 12.1. The van der Waals surface area contributed by atoms with Crippen LogP contribution in [0.3, 0.4) is 0 Å². The number of carbonyl (C=O) groups is 1. The molecule has 1 aromatic carbocycles. The van der Waals surface area contributed by atoms with Gasteiger partial charge in [-0.3, -0.25) is 9.69 Å². The van der Waals surface area contributed by atoms with Crippen molar-refractivity contribution in [2.45, 2.75) is 31.3 Å². The lowest BCUT2D eigenvalue weighted by atomic mass is 10.0. The van der Waals surface area contributed by atoms with E-state index >= 15 is 0 Å². The topological polar surface area (TPSA) is 66.5 Å². The Hall–Kier alpha value is -1.84. The van der Waals surface area contributed by atoms with E-state index in [-0.39, 0.29) is 23.6 Å². The average Bonchev–Trinajstić information content (AvgIpc) is 2.89. The van der Waals surface area contributed by atoms with E-state index in [4.69, 9.17) is 0 Å². The van der Waals surface area contributed by atoms with E-state index in [1.165, 1.54) is 6.42 Å². The van der Waals surface area contributed by atoms with E-state index < -0.39 is 15.7 Å². The Kier molecular flexibility index (Phi) is 5.22. The molecule has 0 radical (unpaired) electrons. The van der Waals surface area contributed by atoms with Crippen molar-refractivity contribution in [3.05, 3.63) is 35.9 Å². The summed E-state index contributed by atoms with van der Waals surface area (Å²) in [6.45, 7) is 1.81. The van der Waals surface area contributed by atoms with Gasteiger partial charge in [0.2, 0.25) is 0 Å². The number of nitrogens with zero attached hydrogens (tertiary/aromatic N) is 1. The summed E-state index contributed by atoms with van der Waals surface area (Å²) in [7, 11) is -3.11. The first kappa shape index (κ1) is 17.0. The van der Waals surface area contributed by atoms with Gasteiger partial charge in [0.05, 0.1) is 17.5 Å². The molecule has 2 heterocycles. The van der Waals surface area contributed by atoms with Gasteiger partial charge in [-0.25, -0.2) is 8.42 Å². The molecule has 0 spiro atoms. The van der Waals surface area contributed by atoms with Crippen LogP contribution < -0.4 is 5.32 Å². The molecule has 1 aromatic rings. The van der Waals surface area contributed by atoms with E-state index in [0.29, 0.717) is 0 Å². The predicted molar refractivity (Wildman–Crippen MR) is 93.1 cm³/mol. The Morgan fingerprint density at radius 3 is 2.50 bits per heavy atom. The normalized spacial score (nSPS) is 26.3. The number of benzene rings is 1. The number of piperidine rings is 1. The van der Waals surface area contributed by atoms with E-state index in [2.05, 4.69) is 22.1 Å². The van der Waals surface area contributed by atoms with Crippen LogP contribution in [-0.2, 0) is 14.6 Å². The molecule has 2 atom stereocenters. The third kappa shape index (κ3) is 4.37. The van der Waals surface area contributed by atoms with Crippen LogP contribution in [0.2, 0.25) is 0 Å². The van der Waals surface area contributed by atoms with Crippen LogP contribution in [0.1, 0.15) is 24.8 Å². The molecule has 2 fully saturated rings. The van der Waals surface area contributed by atoms with Gasteiger partial charge in [0.15, 0.2) is 9.84 Å². The molecule has 24 heavy (non-hydrogen) atoms. The van der Waals surface area contributed by atoms with Crippen molar-refractivity contribution in [2.24, 2.45) is 0 Å². The van der Waals surface area contributed by atoms with Gasteiger partial charge >= 0.3 is 0 Å². The molecule has 5 nitrogen and oxygen atoms in total. The Labute approximate surface area is 143 Å². The summed E-state index contributed by atoms with van der Waals surface area (Å²) in [6, 6.07) is 8.77. The zero-order valence-corrected chi connectivity index (χ0v) is 14.4. The first-order valence-electron chi connectivity index (χ1n) is 8.35. The number of nitrogens with one attached hydrogen (secondary N) is 1. The Morgan fingerprint density at radius 2 is 1.79 bits per heavy atom. The molecule has 3 rings (SSSR count). The van der Waals surface area contributed by atoms with E-state index in [9.17, 15) is 13.2 Å². The highest BCUT2D eigenvalue weighted by atomic mass is 32.2. The fraction of sp³-hybridized carbons (Fsp3) is 0.500. The van der Waals surface area contributed by atoms with E-state index in [1.54, 1.807) is 0 Å². The van der Waals surface area contributed by atoms with Crippen molar-refractivity contribution in [3.8, 4) is 11.8 Å². The summed E-state index contributed by atoms with van der Waals surface area (Å²) >= 11 is 0. The van der Waals surface area contributed by atoms with Crippen LogP contribution in [0, 0.1) is 11.8 Å². The molecular weight excluding hydrogens is 324 g/mol. The molecule has 0 aromatic heterocycles. The maximum atomic E-state index is 12.1. The molecule has 2 saturated heterocycles. The minimum Gasteiger partial charge on any atom is -0.340 e. The lowest BCUT2D eigenvalue weighted by Gasteiger charge is -2.34. The van der Waals surface area contributed by atoms with Crippen molar-refractivity contribution >= 4 is 15.7 Å². The van der Waals surface area contributed by atoms with Gasteiger partial charge in [-0.15, -0.1) is 0 Å². The van der Waals surface area contributed by atoms with Crippen LogP contribution in [0.25, 0.3) is 0 Å². The van der Waals surface area contributed by atoms with Crippen molar-refractivity contribution in [3.63, 3.8) is 0 Å². The van der Waals surface area contributed by atoms with Crippen molar-refractivity contribution in [1.82, 2.24) is 10.2 Å². The number of hydrogen-bond acceptors (Lipinski definition) is 4. The summed E-state index contributed by atoms with van der Waals surface area (Å²) in [4.78, 5) is 14.3. The number of rotatable bonds is 2. The second-order valence-electron chi connectivity index (χ2n) is 6.44. The SMILES string of the molecule is O=C(C#Cc1ccccc1)N[C@H]1CS(=O)(=O)C[C@H]1N1CCCCC1. The second-order valence-corrected chi connectivity index (χ2v) is 8.59. The number of carbonyl (C=O) groups excluding carboxylic acids is 1. The van der Waals surface area contributed by atoms with Gasteiger partial charge in [0.25, 0.3) is 5.91 Å². The van der Waals surface area contributed by atoms with Crippen LogP contribution >= 0.6 is 0 Å². The van der Waals surface area contributed by atoms with Gasteiger partial charge in [0.1, 0.15) is 0 Å². The fourth-order valence-electron chi connectivity index (χ4n) is 3.43. The standard InChI is InChI=1S/C18H22N2O3S/c21-18(10-9-15-7-3-1-4-8-15)19-16-13-24(22,23)14-17(16)20-11-5-2-6-12-20/h1,3-4,7-8,16-17H,2,5-6,11-14H2,(H,19,21)/t16-,17+/m0/s1. The zero-order chi connectivity index (χ0) is 17.0. The molecule has 1 N–H and O–H groups in total. The van der Waals surface area contributed by atoms with E-state index in [0.717, 1.165) is 31.5 Å². The summed E-state index contributed by atoms with van der Waals surface area (Å²) in [6.07, 6.45) is 3.37. The number of likely N-dealkylation sites (tertiary alicyclic amines) is 1.